The van der Waals surface area contributed by atoms with Crippen molar-refractivity contribution in [1.82, 2.24) is 15.1 Å². The second-order valence-electron chi connectivity index (χ2n) is 5.92. The Labute approximate surface area is 143 Å². The molecule has 0 N–H and O–H groups in total. The van der Waals surface area contributed by atoms with Gasteiger partial charge in [0.2, 0.25) is 0 Å². The molecule has 1 aromatic carbocycles. The molecule has 0 radical (unpaired) electrons. The third-order valence-corrected chi connectivity index (χ3v) is 4.07. The summed E-state index contributed by atoms with van der Waals surface area (Å²) in [4.78, 5) is 4.48. The van der Waals surface area contributed by atoms with Crippen molar-refractivity contribution in [2.75, 3.05) is 51.3 Å². The van der Waals surface area contributed by atoms with Crippen molar-refractivity contribution in [2.24, 2.45) is 0 Å². The van der Waals surface area contributed by atoms with E-state index in [9.17, 15) is 0 Å². The van der Waals surface area contributed by atoms with Crippen LogP contribution in [0.2, 0.25) is 0 Å². The molecule has 0 saturated carbocycles. The van der Waals surface area contributed by atoms with Crippen LogP contribution in [0.5, 0.6) is 5.75 Å². The molecule has 1 fully saturated rings. The predicted octanol–water partition coefficient (Wildman–Crippen LogP) is 1.69. The SMILES string of the molecule is CN(C[C@H]1CN(CCOc2ccccc2)CCO1)c1cccnn1. The van der Waals surface area contributed by atoms with Crippen LogP contribution in [0.1, 0.15) is 0 Å². The van der Waals surface area contributed by atoms with Crippen LogP contribution in [0.4, 0.5) is 5.82 Å². The molecule has 0 spiro atoms. The van der Waals surface area contributed by atoms with Crippen LogP contribution in [-0.4, -0.2) is 67.6 Å². The summed E-state index contributed by atoms with van der Waals surface area (Å²) in [7, 11) is 2.02. The first-order valence-electron chi connectivity index (χ1n) is 8.32. The topological polar surface area (TPSA) is 50.7 Å². The van der Waals surface area contributed by atoms with Crippen molar-refractivity contribution in [3.8, 4) is 5.75 Å². The zero-order valence-electron chi connectivity index (χ0n) is 14.0. The van der Waals surface area contributed by atoms with Crippen LogP contribution < -0.4 is 9.64 Å². The predicted molar refractivity (Wildman–Crippen MR) is 93.4 cm³/mol. The first-order valence-corrected chi connectivity index (χ1v) is 8.32. The van der Waals surface area contributed by atoms with Gasteiger partial charge in [0.1, 0.15) is 12.4 Å². The van der Waals surface area contributed by atoms with Crippen LogP contribution in [0.25, 0.3) is 0 Å². The highest BCUT2D eigenvalue weighted by molar-refractivity contribution is 5.35. The fourth-order valence-corrected chi connectivity index (χ4v) is 2.80. The summed E-state index contributed by atoms with van der Waals surface area (Å²) in [5, 5.41) is 8.06. The number of rotatable bonds is 7. The fourth-order valence-electron chi connectivity index (χ4n) is 2.80. The van der Waals surface area contributed by atoms with Gasteiger partial charge in [0.25, 0.3) is 0 Å². The van der Waals surface area contributed by atoms with Crippen molar-refractivity contribution in [1.29, 1.82) is 0 Å². The highest BCUT2D eigenvalue weighted by Crippen LogP contribution is 2.12. The number of likely N-dealkylation sites (N-methyl/N-ethyl adjacent to an activating group) is 1. The summed E-state index contributed by atoms with van der Waals surface area (Å²) in [6.07, 6.45) is 1.85. The third-order valence-electron chi connectivity index (χ3n) is 4.07. The van der Waals surface area contributed by atoms with Crippen molar-refractivity contribution in [3.63, 3.8) is 0 Å². The van der Waals surface area contributed by atoms with E-state index in [1.54, 1.807) is 6.20 Å². The molecule has 2 aromatic rings. The summed E-state index contributed by atoms with van der Waals surface area (Å²) >= 11 is 0. The molecule has 1 aromatic heterocycles. The lowest BCUT2D eigenvalue weighted by Gasteiger charge is -2.34. The van der Waals surface area contributed by atoms with Gasteiger partial charge in [-0.3, -0.25) is 4.90 Å². The number of benzene rings is 1. The Bertz CT molecular complexity index is 596. The van der Waals surface area contributed by atoms with Crippen molar-refractivity contribution in [3.05, 3.63) is 48.7 Å². The van der Waals surface area contributed by atoms with E-state index in [1.807, 2.05) is 49.5 Å². The van der Waals surface area contributed by atoms with E-state index in [0.29, 0.717) is 6.61 Å². The summed E-state index contributed by atoms with van der Waals surface area (Å²) in [6, 6.07) is 13.8. The number of aromatic nitrogens is 2. The van der Waals surface area contributed by atoms with Gasteiger partial charge in [-0.05, 0) is 24.3 Å². The maximum atomic E-state index is 5.89. The lowest BCUT2D eigenvalue weighted by atomic mass is 10.2. The monoisotopic (exact) mass is 328 g/mol. The van der Waals surface area contributed by atoms with Crippen molar-refractivity contribution >= 4 is 5.82 Å². The minimum absolute atomic E-state index is 0.169. The molecule has 1 aliphatic heterocycles. The number of morpholine rings is 1. The first kappa shape index (κ1) is 16.7. The van der Waals surface area contributed by atoms with E-state index in [1.165, 1.54) is 0 Å². The van der Waals surface area contributed by atoms with Crippen molar-refractivity contribution in [2.45, 2.75) is 6.10 Å². The van der Waals surface area contributed by atoms with Crippen molar-refractivity contribution < 1.29 is 9.47 Å². The molecule has 0 aliphatic carbocycles. The van der Waals surface area contributed by atoms with Crippen LogP contribution in [-0.2, 0) is 4.74 Å². The van der Waals surface area contributed by atoms with Gasteiger partial charge in [0.15, 0.2) is 5.82 Å². The molecule has 24 heavy (non-hydrogen) atoms. The van der Waals surface area contributed by atoms with Gasteiger partial charge in [-0.2, -0.15) is 5.10 Å². The summed E-state index contributed by atoms with van der Waals surface area (Å²) in [6.45, 7) is 5.01. The molecule has 128 valence electrons. The zero-order valence-corrected chi connectivity index (χ0v) is 14.0. The van der Waals surface area contributed by atoms with E-state index in [2.05, 4.69) is 20.0 Å². The van der Waals surface area contributed by atoms with Crippen LogP contribution in [0.3, 0.4) is 0 Å². The minimum atomic E-state index is 0.169. The number of hydrogen-bond donors (Lipinski definition) is 0. The lowest BCUT2D eigenvalue weighted by molar-refractivity contribution is -0.0265. The van der Waals surface area contributed by atoms with Gasteiger partial charge < -0.3 is 14.4 Å². The zero-order chi connectivity index (χ0) is 16.6. The highest BCUT2D eigenvalue weighted by Gasteiger charge is 2.22. The molecule has 1 aliphatic rings. The standard InChI is InChI=1S/C18H24N4O2/c1-21(18-8-5-9-19-20-18)14-17-15-22(11-13-24-17)10-12-23-16-6-3-2-4-7-16/h2-9,17H,10-15H2,1H3/t17-/m0/s1. The molecular formula is C18H24N4O2. The van der Waals surface area contributed by atoms with E-state index in [4.69, 9.17) is 9.47 Å². The third kappa shape index (κ3) is 4.91. The van der Waals surface area contributed by atoms with E-state index in [-0.39, 0.29) is 6.10 Å². The van der Waals surface area contributed by atoms with Crippen LogP contribution in [0, 0.1) is 0 Å². The second kappa shape index (κ2) is 8.61. The molecular weight excluding hydrogens is 304 g/mol. The van der Waals surface area contributed by atoms with E-state index in [0.717, 1.165) is 44.4 Å². The smallest absolute Gasteiger partial charge is 0.151 e. The Morgan fingerprint density at radius 2 is 2.12 bits per heavy atom. The van der Waals surface area contributed by atoms with Gasteiger partial charge in [0, 0.05) is 39.4 Å². The summed E-state index contributed by atoms with van der Waals surface area (Å²) in [5.74, 6) is 1.79. The van der Waals surface area contributed by atoms with E-state index >= 15 is 0 Å². The summed E-state index contributed by atoms with van der Waals surface area (Å²) < 4.78 is 11.7. The van der Waals surface area contributed by atoms with Gasteiger partial charge in [-0.25, -0.2) is 0 Å². The Balaban J connectivity index is 1.42. The van der Waals surface area contributed by atoms with Gasteiger partial charge in [0.05, 0.1) is 12.7 Å². The number of anilines is 1. The molecule has 0 unspecified atom stereocenters. The molecule has 6 heteroatoms. The van der Waals surface area contributed by atoms with Gasteiger partial charge >= 0.3 is 0 Å². The quantitative estimate of drug-likeness (QED) is 0.771. The lowest BCUT2D eigenvalue weighted by Crippen LogP contribution is -2.48. The molecule has 3 rings (SSSR count). The average Bonchev–Trinajstić information content (AvgIpc) is 2.64. The molecule has 1 saturated heterocycles. The molecule has 2 heterocycles. The number of hydrogen-bond acceptors (Lipinski definition) is 6. The first-order chi connectivity index (χ1) is 11.8. The molecule has 1 atom stereocenters. The Hall–Kier alpha value is -2.18. The fraction of sp³-hybridized carbons (Fsp3) is 0.444. The molecule has 6 nitrogen and oxygen atoms in total. The summed E-state index contributed by atoms with van der Waals surface area (Å²) in [5.41, 5.74) is 0. The average molecular weight is 328 g/mol. The van der Waals surface area contributed by atoms with Gasteiger partial charge in [-0.15, -0.1) is 5.10 Å². The second-order valence-corrected chi connectivity index (χ2v) is 5.92. The number of nitrogens with zero attached hydrogens (tertiary/aromatic N) is 4. The molecule has 0 bridgehead atoms. The minimum Gasteiger partial charge on any atom is -0.492 e. The van der Waals surface area contributed by atoms with Gasteiger partial charge in [-0.1, -0.05) is 18.2 Å². The van der Waals surface area contributed by atoms with Crippen LogP contribution >= 0.6 is 0 Å². The molecule has 0 amide bonds. The normalized spacial score (nSPS) is 18.3. The number of para-hydroxylation sites is 1. The van der Waals surface area contributed by atoms with Crippen LogP contribution in [0.15, 0.2) is 48.7 Å². The maximum absolute atomic E-state index is 5.89. The maximum Gasteiger partial charge on any atom is 0.151 e. The Morgan fingerprint density at radius 1 is 1.25 bits per heavy atom. The number of ether oxygens (including phenoxy) is 2. The van der Waals surface area contributed by atoms with E-state index < -0.39 is 0 Å². The highest BCUT2D eigenvalue weighted by atomic mass is 16.5. The Morgan fingerprint density at radius 3 is 2.92 bits per heavy atom. The largest absolute Gasteiger partial charge is 0.492 e. The Kier molecular flexibility index (Phi) is 5.98.